The molecule has 4 atom stereocenters. The van der Waals surface area contributed by atoms with E-state index < -0.39 is 0 Å². The zero-order valence-electron chi connectivity index (χ0n) is 28.0. The van der Waals surface area contributed by atoms with Crippen LogP contribution in [-0.4, -0.2) is 5.11 Å². The Balaban J connectivity index is 1.88. The molecule has 1 N–H and O–H groups in total. The first-order valence-corrected chi connectivity index (χ1v) is 16.2. The van der Waals surface area contributed by atoms with Crippen LogP contribution in [0.25, 0.3) is 0 Å². The molecule has 0 aliphatic heterocycles. The van der Waals surface area contributed by atoms with Gasteiger partial charge >= 0.3 is 0 Å². The number of rotatable bonds is 12. The van der Waals surface area contributed by atoms with E-state index in [1.54, 1.807) is 6.07 Å². The van der Waals surface area contributed by atoms with Crippen molar-refractivity contribution >= 4 is 0 Å². The minimum absolute atomic E-state index is 0.0129. The van der Waals surface area contributed by atoms with E-state index in [1.165, 1.54) is 22.3 Å². The normalized spacial score (nSPS) is 17.7. The number of benzene rings is 4. The van der Waals surface area contributed by atoms with Crippen molar-refractivity contribution in [3.8, 4) is 5.75 Å². The third kappa shape index (κ3) is 7.80. The summed E-state index contributed by atoms with van der Waals surface area (Å²) in [5.41, 5.74) is 5.26. The fourth-order valence-corrected chi connectivity index (χ4v) is 8.39. The van der Waals surface area contributed by atoms with Gasteiger partial charge in [-0.1, -0.05) is 159 Å². The van der Waals surface area contributed by atoms with Crippen molar-refractivity contribution in [1.29, 1.82) is 0 Å². The molecule has 0 radical (unpaired) electrons. The van der Waals surface area contributed by atoms with E-state index in [-0.39, 0.29) is 27.1 Å². The van der Waals surface area contributed by atoms with Crippen LogP contribution in [0.1, 0.15) is 110 Å². The maximum atomic E-state index is 10.5. The molecule has 0 aromatic heterocycles. The van der Waals surface area contributed by atoms with Crippen LogP contribution in [-0.2, 0) is 21.7 Å². The summed E-state index contributed by atoms with van der Waals surface area (Å²) in [5, 5.41) is 10.5. The third-order valence-electron chi connectivity index (χ3n) is 10.00. The number of aromatic hydroxyl groups is 1. The van der Waals surface area contributed by atoms with Gasteiger partial charge in [0.15, 0.2) is 0 Å². The van der Waals surface area contributed by atoms with Crippen LogP contribution in [0.15, 0.2) is 115 Å². The van der Waals surface area contributed by atoms with Crippen LogP contribution >= 0.6 is 0 Å². The highest BCUT2D eigenvalue weighted by molar-refractivity contribution is 5.37. The second-order valence-electron chi connectivity index (χ2n) is 15.5. The molecule has 0 saturated heterocycles. The van der Waals surface area contributed by atoms with Gasteiger partial charge in [0.05, 0.1) is 0 Å². The standard InChI is InChI=1S/C42H54O/c1-9-39(5,36-26-19-27-37(43)28-36)30-41(7,34-22-15-11-16-23-34)32-42(8,35-24-17-12-18-25-35)31-40(6,29-38(2,3)4)33-20-13-10-14-21-33/h10-28,43H,9,29-32H2,1-8H3. The Morgan fingerprint density at radius 2 is 0.767 bits per heavy atom. The molecule has 1 heteroatoms. The first-order valence-electron chi connectivity index (χ1n) is 16.2. The summed E-state index contributed by atoms with van der Waals surface area (Å²) in [6.07, 6.45) is 5.13. The molecule has 0 bridgehead atoms. The number of phenols is 1. The van der Waals surface area contributed by atoms with Gasteiger partial charge in [-0.3, -0.25) is 0 Å². The van der Waals surface area contributed by atoms with Crippen molar-refractivity contribution in [1.82, 2.24) is 0 Å². The fourth-order valence-electron chi connectivity index (χ4n) is 8.39. The molecule has 0 amide bonds. The Kier molecular flexibility index (Phi) is 9.65. The van der Waals surface area contributed by atoms with E-state index in [0.29, 0.717) is 5.75 Å². The average Bonchev–Trinajstić information content (AvgIpc) is 2.97. The van der Waals surface area contributed by atoms with Gasteiger partial charge in [0.25, 0.3) is 0 Å². The van der Waals surface area contributed by atoms with E-state index in [2.05, 4.69) is 152 Å². The van der Waals surface area contributed by atoms with Gasteiger partial charge in [0, 0.05) is 0 Å². The Morgan fingerprint density at radius 1 is 0.419 bits per heavy atom. The summed E-state index contributed by atoms with van der Waals surface area (Å²) in [5.74, 6) is 0.341. The molecular weight excluding hydrogens is 520 g/mol. The fraction of sp³-hybridized carbons (Fsp3) is 0.429. The summed E-state index contributed by atoms with van der Waals surface area (Å²) in [4.78, 5) is 0. The topological polar surface area (TPSA) is 20.2 Å². The smallest absolute Gasteiger partial charge is 0.115 e. The lowest BCUT2D eigenvalue weighted by molar-refractivity contribution is 0.170. The molecule has 0 heterocycles. The van der Waals surface area contributed by atoms with E-state index in [1.807, 2.05) is 12.1 Å². The molecule has 228 valence electrons. The van der Waals surface area contributed by atoms with Gasteiger partial charge in [-0.25, -0.2) is 0 Å². The first-order chi connectivity index (χ1) is 20.2. The van der Waals surface area contributed by atoms with E-state index in [0.717, 1.165) is 32.1 Å². The molecule has 0 aliphatic rings. The summed E-state index contributed by atoms with van der Waals surface area (Å²) in [6, 6.07) is 41.6. The third-order valence-corrected chi connectivity index (χ3v) is 10.00. The summed E-state index contributed by atoms with van der Waals surface area (Å²) < 4.78 is 0. The minimum Gasteiger partial charge on any atom is -0.508 e. The Morgan fingerprint density at radius 3 is 1.12 bits per heavy atom. The number of hydrogen-bond donors (Lipinski definition) is 1. The van der Waals surface area contributed by atoms with Crippen LogP contribution in [0.3, 0.4) is 0 Å². The molecule has 4 unspecified atom stereocenters. The van der Waals surface area contributed by atoms with Crippen LogP contribution in [0.4, 0.5) is 0 Å². The number of hydrogen-bond acceptors (Lipinski definition) is 1. The van der Waals surface area contributed by atoms with E-state index in [9.17, 15) is 5.11 Å². The summed E-state index contributed by atoms with van der Waals surface area (Å²) >= 11 is 0. The van der Waals surface area contributed by atoms with Gasteiger partial charge in [0.1, 0.15) is 5.75 Å². The molecule has 4 rings (SSSR count). The quantitative estimate of drug-likeness (QED) is 0.178. The SMILES string of the molecule is CCC(C)(CC(C)(CC(C)(CC(C)(CC(C)(C)C)c1ccccc1)c1ccccc1)c1ccccc1)c1cccc(O)c1. The maximum absolute atomic E-state index is 10.5. The Hall–Kier alpha value is -3.32. The molecule has 4 aromatic rings. The average molecular weight is 575 g/mol. The molecule has 1 nitrogen and oxygen atoms in total. The lowest BCUT2D eigenvalue weighted by Crippen LogP contribution is -2.43. The molecule has 4 aromatic carbocycles. The van der Waals surface area contributed by atoms with Crippen molar-refractivity contribution in [2.45, 2.75) is 109 Å². The van der Waals surface area contributed by atoms with Gasteiger partial charge in [-0.2, -0.15) is 0 Å². The Bertz CT molecular complexity index is 1440. The minimum atomic E-state index is -0.124. The lowest BCUT2D eigenvalue weighted by atomic mass is 9.55. The Labute approximate surface area is 262 Å². The number of phenolic OH excluding ortho intramolecular Hbond substituents is 1. The first kappa shape index (κ1) is 32.6. The van der Waals surface area contributed by atoms with Crippen LogP contribution in [0, 0.1) is 5.41 Å². The van der Waals surface area contributed by atoms with Crippen molar-refractivity contribution in [2.24, 2.45) is 5.41 Å². The maximum Gasteiger partial charge on any atom is 0.115 e. The van der Waals surface area contributed by atoms with Crippen molar-refractivity contribution in [2.75, 3.05) is 0 Å². The molecular formula is C42H54O. The summed E-state index contributed by atoms with van der Waals surface area (Å²) in [7, 11) is 0. The highest BCUT2D eigenvalue weighted by atomic mass is 16.3. The molecule has 0 spiro atoms. The molecule has 0 aliphatic carbocycles. The zero-order chi connectivity index (χ0) is 31.4. The molecule has 0 saturated carbocycles. The van der Waals surface area contributed by atoms with E-state index in [4.69, 9.17) is 0 Å². The van der Waals surface area contributed by atoms with Crippen molar-refractivity contribution < 1.29 is 5.11 Å². The van der Waals surface area contributed by atoms with Crippen LogP contribution in [0.5, 0.6) is 5.75 Å². The largest absolute Gasteiger partial charge is 0.508 e. The van der Waals surface area contributed by atoms with Crippen molar-refractivity contribution in [3.05, 3.63) is 138 Å². The lowest BCUT2D eigenvalue weighted by Gasteiger charge is -2.49. The zero-order valence-corrected chi connectivity index (χ0v) is 28.0. The molecule has 43 heavy (non-hydrogen) atoms. The second kappa shape index (κ2) is 12.7. The van der Waals surface area contributed by atoms with Crippen LogP contribution < -0.4 is 0 Å². The van der Waals surface area contributed by atoms with Crippen LogP contribution in [0.2, 0.25) is 0 Å². The van der Waals surface area contributed by atoms with Gasteiger partial charge in [-0.15, -0.1) is 0 Å². The predicted molar refractivity (Wildman–Crippen MR) is 185 cm³/mol. The predicted octanol–water partition coefficient (Wildman–Crippen LogP) is 11.5. The van der Waals surface area contributed by atoms with Gasteiger partial charge < -0.3 is 5.11 Å². The summed E-state index contributed by atoms with van der Waals surface area (Å²) in [6.45, 7) is 19.3. The molecule has 0 fully saturated rings. The van der Waals surface area contributed by atoms with Crippen molar-refractivity contribution in [3.63, 3.8) is 0 Å². The monoisotopic (exact) mass is 574 g/mol. The van der Waals surface area contributed by atoms with E-state index >= 15 is 0 Å². The second-order valence-corrected chi connectivity index (χ2v) is 15.5. The van der Waals surface area contributed by atoms with Gasteiger partial charge in [-0.05, 0) is 93.6 Å². The highest BCUT2D eigenvalue weighted by Gasteiger charge is 2.46. The highest BCUT2D eigenvalue weighted by Crippen LogP contribution is 2.53. The van der Waals surface area contributed by atoms with Gasteiger partial charge in [0.2, 0.25) is 0 Å².